The number of hydrogen-bond acceptors (Lipinski definition) is 4. The van der Waals surface area contributed by atoms with Crippen LogP contribution in [0.3, 0.4) is 0 Å². The third-order valence-electron chi connectivity index (χ3n) is 1.33. The number of thiol groups is 1. The fraction of sp³-hybridized carbons (Fsp3) is 0.833. The van der Waals surface area contributed by atoms with Gasteiger partial charge in [-0.15, -0.1) is 0 Å². The van der Waals surface area contributed by atoms with Crippen molar-refractivity contribution in [1.82, 2.24) is 10.4 Å². The Morgan fingerprint density at radius 1 is 1.82 bits per heavy atom. The number of nitrogens with zero attached hydrogens (tertiary/aromatic N) is 1. The Hall–Kier alpha value is -0.260. The molecule has 0 aromatic carbocycles. The molecule has 0 amide bonds. The zero-order chi connectivity index (χ0) is 8.85. The third-order valence-corrected chi connectivity index (χ3v) is 1.70. The zero-order valence-electron chi connectivity index (χ0n) is 6.74. The van der Waals surface area contributed by atoms with E-state index in [1.54, 1.807) is 12.1 Å². The molecule has 66 valence electrons. The average molecular weight is 178 g/mol. The van der Waals surface area contributed by atoms with Crippen molar-refractivity contribution in [2.45, 2.75) is 13.0 Å². The van der Waals surface area contributed by atoms with Gasteiger partial charge in [0.25, 0.3) is 0 Å². The molecule has 0 aliphatic heterocycles. The van der Waals surface area contributed by atoms with Crippen molar-refractivity contribution in [2.24, 2.45) is 0 Å². The van der Waals surface area contributed by atoms with E-state index in [0.29, 0.717) is 5.75 Å². The van der Waals surface area contributed by atoms with E-state index in [4.69, 9.17) is 5.11 Å². The Labute approximate surface area is 72.0 Å². The molecule has 0 fully saturated rings. The molecule has 11 heavy (non-hydrogen) atoms. The smallest absolute Gasteiger partial charge is 0.322 e. The number of hydrogen-bond donors (Lipinski definition) is 3. The van der Waals surface area contributed by atoms with E-state index in [1.165, 1.54) is 0 Å². The second kappa shape index (κ2) is 5.40. The molecule has 0 spiro atoms. The van der Waals surface area contributed by atoms with Crippen LogP contribution < -0.4 is 5.43 Å². The second-order valence-electron chi connectivity index (χ2n) is 2.22. The predicted molar refractivity (Wildman–Crippen MR) is 46.7 cm³/mol. The van der Waals surface area contributed by atoms with E-state index in [2.05, 4.69) is 18.1 Å². The highest BCUT2D eigenvalue weighted by molar-refractivity contribution is 7.80. The Kier molecular flexibility index (Phi) is 5.27. The first-order valence-corrected chi connectivity index (χ1v) is 4.06. The van der Waals surface area contributed by atoms with Gasteiger partial charge in [0.05, 0.1) is 0 Å². The molecule has 5 heteroatoms. The molecule has 2 N–H and O–H groups in total. The van der Waals surface area contributed by atoms with Crippen molar-refractivity contribution in [1.29, 1.82) is 0 Å². The molecule has 0 rings (SSSR count). The Morgan fingerprint density at radius 2 is 2.36 bits per heavy atom. The van der Waals surface area contributed by atoms with Crippen LogP contribution in [0.4, 0.5) is 0 Å². The number of carboxylic acid groups (broad SMARTS) is 1. The summed E-state index contributed by atoms with van der Waals surface area (Å²) in [6.07, 6.45) is 0. The molecular formula is C6H14N2O2S. The van der Waals surface area contributed by atoms with Gasteiger partial charge in [-0.25, -0.2) is 10.4 Å². The van der Waals surface area contributed by atoms with Crippen LogP contribution >= 0.6 is 12.6 Å². The molecule has 4 nitrogen and oxygen atoms in total. The minimum atomic E-state index is -0.875. The van der Waals surface area contributed by atoms with Crippen molar-refractivity contribution >= 4 is 18.6 Å². The summed E-state index contributed by atoms with van der Waals surface area (Å²) in [6, 6.07) is -0.594. The number of aliphatic carboxylic acids is 1. The summed E-state index contributed by atoms with van der Waals surface area (Å²) in [5, 5.41) is 10.3. The van der Waals surface area contributed by atoms with Gasteiger partial charge in [0.15, 0.2) is 0 Å². The van der Waals surface area contributed by atoms with Crippen LogP contribution in [0.2, 0.25) is 0 Å². The molecule has 0 radical (unpaired) electrons. The molecule has 0 heterocycles. The van der Waals surface area contributed by atoms with E-state index in [9.17, 15) is 4.79 Å². The lowest BCUT2D eigenvalue weighted by molar-refractivity contribution is -0.140. The summed E-state index contributed by atoms with van der Waals surface area (Å²) in [5.41, 5.74) is 2.77. The van der Waals surface area contributed by atoms with Crippen LogP contribution in [0.25, 0.3) is 0 Å². The number of hydrazine groups is 1. The van der Waals surface area contributed by atoms with Gasteiger partial charge < -0.3 is 5.11 Å². The average Bonchev–Trinajstić information content (AvgIpc) is 1.99. The first-order chi connectivity index (χ1) is 5.11. The molecule has 0 aromatic rings. The molecule has 0 saturated carbocycles. The van der Waals surface area contributed by atoms with E-state index < -0.39 is 12.0 Å². The van der Waals surface area contributed by atoms with E-state index in [1.807, 2.05) is 6.92 Å². The van der Waals surface area contributed by atoms with Crippen molar-refractivity contribution in [3.8, 4) is 0 Å². The lowest BCUT2D eigenvalue weighted by atomic mass is 10.4. The topological polar surface area (TPSA) is 52.6 Å². The Balaban J connectivity index is 3.77. The van der Waals surface area contributed by atoms with Gasteiger partial charge in [0, 0.05) is 19.3 Å². The van der Waals surface area contributed by atoms with Gasteiger partial charge in [0.2, 0.25) is 0 Å². The predicted octanol–water partition coefficient (Wildman–Crippen LogP) is -0.174. The van der Waals surface area contributed by atoms with Gasteiger partial charge in [-0.3, -0.25) is 4.79 Å². The van der Waals surface area contributed by atoms with Crippen molar-refractivity contribution in [3.05, 3.63) is 0 Å². The lowest BCUT2D eigenvalue weighted by Gasteiger charge is -2.20. The SMILES string of the molecule is CCN(C)NC(CS)C(=O)O. The largest absolute Gasteiger partial charge is 0.480 e. The highest BCUT2D eigenvalue weighted by atomic mass is 32.1. The Bertz CT molecular complexity index is 132. The van der Waals surface area contributed by atoms with Crippen molar-refractivity contribution in [2.75, 3.05) is 19.3 Å². The van der Waals surface area contributed by atoms with Gasteiger partial charge in [-0.2, -0.15) is 12.6 Å². The van der Waals surface area contributed by atoms with Crippen LogP contribution in [-0.4, -0.2) is 41.5 Å². The van der Waals surface area contributed by atoms with E-state index in [0.717, 1.165) is 6.54 Å². The molecule has 0 aliphatic carbocycles. The summed E-state index contributed by atoms with van der Waals surface area (Å²) in [6.45, 7) is 2.70. The van der Waals surface area contributed by atoms with Crippen LogP contribution in [0.15, 0.2) is 0 Å². The number of carbonyl (C=O) groups is 1. The van der Waals surface area contributed by atoms with Crippen LogP contribution in [-0.2, 0) is 4.79 Å². The maximum Gasteiger partial charge on any atom is 0.322 e. The number of nitrogens with one attached hydrogen (secondary N) is 1. The zero-order valence-corrected chi connectivity index (χ0v) is 7.64. The molecule has 0 aliphatic rings. The second-order valence-corrected chi connectivity index (χ2v) is 2.58. The minimum Gasteiger partial charge on any atom is -0.480 e. The molecular weight excluding hydrogens is 164 g/mol. The van der Waals surface area contributed by atoms with Gasteiger partial charge >= 0.3 is 5.97 Å². The van der Waals surface area contributed by atoms with Gasteiger partial charge in [-0.05, 0) is 0 Å². The number of rotatable bonds is 5. The highest BCUT2D eigenvalue weighted by Gasteiger charge is 2.15. The first kappa shape index (κ1) is 10.7. The molecule has 0 bridgehead atoms. The van der Waals surface area contributed by atoms with E-state index >= 15 is 0 Å². The summed E-state index contributed by atoms with van der Waals surface area (Å²) in [5.74, 6) is -0.583. The molecule has 1 atom stereocenters. The maximum absolute atomic E-state index is 10.4. The van der Waals surface area contributed by atoms with E-state index in [-0.39, 0.29) is 0 Å². The van der Waals surface area contributed by atoms with Crippen LogP contribution in [0.1, 0.15) is 6.92 Å². The van der Waals surface area contributed by atoms with Crippen LogP contribution in [0.5, 0.6) is 0 Å². The summed E-state index contributed by atoms with van der Waals surface area (Å²) in [7, 11) is 1.79. The quantitative estimate of drug-likeness (QED) is 0.404. The number of carboxylic acids is 1. The molecule has 0 aromatic heterocycles. The van der Waals surface area contributed by atoms with Crippen molar-refractivity contribution in [3.63, 3.8) is 0 Å². The standard InChI is InChI=1S/C6H14N2O2S/c1-3-8(2)7-5(4-11)6(9)10/h5,7,11H,3-4H2,1-2H3,(H,9,10). The van der Waals surface area contributed by atoms with Crippen molar-refractivity contribution < 1.29 is 9.90 Å². The van der Waals surface area contributed by atoms with Crippen LogP contribution in [0, 0.1) is 0 Å². The lowest BCUT2D eigenvalue weighted by Crippen LogP contribution is -2.47. The highest BCUT2D eigenvalue weighted by Crippen LogP contribution is 1.89. The fourth-order valence-electron chi connectivity index (χ4n) is 0.531. The normalized spacial score (nSPS) is 13.5. The molecule has 1 unspecified atom stereocenters. The molecule has 0 saturated heterocycles. The summed E-state index contributed by atoms with van der Waals surface area (Å²) in [4.78, 5) is 10.4. The third kappa shape index (κ3) is 4.23. The summed E-state index contributed by atoms with van der Waals surface area (Å²) < 4.78 is 0. The monoisotopic (exact) mass is 178 g/mol. The minimum absolute atomic E-state index is 0.291. The Morgan fingerprint density at radius 3 is 2.64 bits per heavy atom. The van der Waals surface area contributed by atoms with Gasteiger partial charge in [-0.1, -0.05) is 6.92 Å². The summed E-state index contributed by atoms with van der Waals surface area (Å²) >= 11 is 3.90. The first-order valence-electron chi connectivity index (χ1n) is 3.42. The fourth-order valence-corrected chi connectivity index (χ4v) is 0.769. The van der Waals surface area contributed by atoms with Gasteiger partial charge in [0.1, 0.15) is 6.04 Å². The maximum atomic E-state index is 10.4.